The van der Waals surface area contributed by atoms with Gasteiger partial charge < -0.3 is 20.4 Å². The molecule has 0 amide bonds. The van der Waals surface area contributed by atoms with Crippen molar-refractivity contribution >= 4 is 81.1 Å². The van der Waals surface area contributed by atoms with Crippen LogP contribution in [0.2, 0.25) is 20.1 Å². The number of hydrogen-bond donors (Lipinski definition) is 4. The van der Waals surface area contributed by atoms with Gasteiger partial charge in [-0.15, -0.1) is 0 Å². The van der Waals surface area contributed by atoms with Crippen molar-refractivity contribution in [3.63, 3.8) is 0 Å². The molecule has 0 radical (unpaired) electrons. The van der Waals surface area contributed by atoms with Crippen molar-refractivity contribution in [2.75, 3.05) is 0 Å². The molecule has 0 atom stereocenters. The molecule has 0 aliphatic heterocycles. The minimum absolute atomic E-state index is 0.00804. The van der Waals surface area contributed by atoms with Crippen LogP contribution < -0.4 is 0 Å². The van der Waals surface area contributed by atoms with Gasteiger partial charge in [-0.1, -0.05) is 46.4 Å². The van der Waals surface area contributed by atoms with Gasteiger partial charge >= 0.3 is 11.9 Å². The molecule has 12 heteroatoms. The summed E-state index contributed by atoms with van der Waals surface area (Å²) in [6, 6.07) is 8.05. The number of benzene rings is 2. The van der Waals surface area contributed by atoms with Crippen LogP contribution in [0.5, 0.6) is 0 Å². The van der Waals surface area contributed by atoms with Crippen molar-refractivity contribution in [3.05, 3.63) is 79.2 Å². The molecule has 32 heavy (non-hydrogen) atoms. The van der Waals surface area contributed by atoms with E-state index in [4.69, 9.17) is 46.4 Å². The highest BCUT2D eigenvalue weighted by atomic mass is 35.5. The van der Waals surface area contributed by atoms with E-state index in [0.717, 1.165) is 0 Å². The van der Waals surface area contributed by atoms with Gasteiger partial charge in [0.1, 0.15) is 22.6 Å². The lowest BCUT2D eigenvalue weighted by Crippen LogP contribution is -2.31. The molecule has 4 N–H and O–H groups in total. The van der Waals surface area contributed by atoms with Gasteiger partial charge in [0.25, 0.3) is 0 Å². The lowest BCUT2D eigenvalue weighted by molar-refractivity contribution is -0.133. The van der Waals surface area contributed by atoms with E-state index in [2.05, 4.69) is 9.98 Å². The third-order valence-corrected chi connectivity index (χ3v) is 5.18. The third-order valence-electron chi connectivity index (χ3n) is 4.11. The van der Waals surface area contributed by atoms with Crippen LogP contribution in [-0.4, -0.2) is 43.8 Å². The van der Waals surface area contributed by atoms with Crippen molar-refractivity contribution in [3.8, 4) is 0 Å². The minimum atomic E-state index is -1.71. The number of aliphatic hydroxyl groups is 2. The van der Waals surface area contributed by atoms with Gasteiger partial charge in [0, 0.05) is 10.0 Å². The second-order valence-electron chi connectivity index (χ2n) is 6.17. The molecule has 1 aliphatic rings. The Balaban J connectivity index is 2.33. The molecule has 2 aromatic carbocycles. The monoisotopic (exact) mass is 514 g/mol. The number of nitrogens with zero attached hydrogens (tertiary/aromatic N) is 2. The molecular weight excluding hydrogens is 506 g/mol. The highest BCUT2D eigenvalue weighted by Gasteiger charge is 2.39. The predicted molar refractivity (Wildman–Crippen MR) is 122 cm³/mol. The molecule has 0 fully saturated rings. The molecule has 0 saturated carbocycles. The molecule has 0 aromatic heterocycles. The summed E-state index contributed by atoms with van der Waals surface area (Å²) in [4.78, 5) is 31.7. The van der Waals surface area contributed by atoms with Crippen LogP contribution in [0.15, 0.2) is 69.0 Å². The molecule has 0 bridgehead atoms. The number of aliphatic carboxylic acids is 2. The van der Waals surface area contributed by atoms with E-state index in [1.807, 2.05) is 0 Å². The maximum Gasteiger partial charge on any atom is 0.341 e. The van der Waals surface area contributed by atoms with Crippen LogP contribution in [0.25, 0.3) is 0 Å². The smallest absolute Gasteiger partial charge is 0.341 e. The summed E-state index contributed by atoms with van der Waals surface area (Å²) >= 11 is 23.7. The van der Waals surface area contributed by atoms with Gasteiger partial charge in [-0.25, -0.2) is 19.6 Å². The number of carboxylic acids is 2. The van der Waals surface area contributed by atoms with E-state index in [9.17, 15) is 30.0 Å². The van der Waals surface area contributed by atoms with Gasteiger partial charge in [-0.05, 0) is 36.4 Å². The van der Waals surface area contributed by atoms with E-state index >= 15 is 0 Å². The number of allylic oxidation sites excluding steroid dienone is 2. The Hall–Kier alpha value is -3.04. The summed E-state index contributed by atoms with van der Waals surface area (Å²) < 4.78 is 0. The maximum atomic E-state index is 11.9. The first kappa shape index (κ1) is 23.6. The van der Waals surface area contributed by atoms with Crippen molar-refractivity contribution in [1.82, 2.24) is 0 Å². The number of carboxylic acid groups (broad SMARTS) is 2. The van der Waals surface area contributed by atoms with E-state index in [1.54, 1.807) is 0 Å². The van der Waals surface area contributed by atoms with E-state index < -0.39 is 46.0 Å². The molecule has 0 heterocycles. The fourth-order valence-electron chi connectivity index (χ4n) is 2.71. The van der Waals surface area contributed by atoms with Gasteiger partial charge in [-0.3, -0.25) is 0 Å². The van der Waals surface area contributed by atoms with Gasteiger partial charge in [0.05, 0.1) is 21.4 Å². The van der Waals surface area contributed by atoms with Crippen LogP contribution in [0.1, 0.15) is 0 Å². The molecule has 8 nitrogen and oxygen atoms in total. The first-order valence-corrected chi connectivity index (χ1v) is 9.94. The number of rotatable bonds is 4. The Labute approximate surface area is 200 Å². The molecular formula is C20H10Cl4N2O6. The fourth-order valence-corrected chi connectivity index (χ4v) is 3.61. The Kier molecular flexibility index (Phi) is 6.80. The van der Waals surface area contributed by atoms with Crippen LogP contribution in [0.4, 0.5) is 11.4 Å². The minimum Gasteiger partial charge on any atom is -0.505 e. The average molecular weight is 516 g/mol. The summed E-state index contributed by atoms with van der Waals surface area (Å²) in [6.07, 6.45) is 0. The normalized spacial score (nSPS) is 16.8. The highest BCUT2D eigenvalue weighted by molar-refractivity contribution is 6.42. The number of aliphatic imine (C=N–C) groups is 2. The van der Waals surface area contributed by atoms with Gasteiger partial charge in [-0.2, -0.15) is 0 Å². The SMILES string of the molecule is O=C(O)C1=C(O)C(=Nc2ccc(Cl)cc2Cl)C(C(=O)O)=C(O)C1=Nc1ccc(Cl)cc1Cl. The Morgan fingerprint density at radius 2 is 1.00 bits per heavy atom. The summed E-state index contributed by atoms with van der Waals surface area (Å²) in [5.74, 6) is -5.53. The van der Waals surface area contributed by atoms with Crippen molar-refractivity contribution in [2.24, 2.45) is 9.98 Å². The highest BCUT2D eigenvalue weighted by Crippen LogP contribution is 2.34. The van der Waals surface area contributed by atoms with E-state index in [0.29, 0.717) is 0 Å². The quantitative estimate of drug-likeness (QED) is 0.371. The molecule has 0 spiro atoms. The Bertz CT molecular complexity index is 1200. The topological polar surface area (TPSA) is 140 Å². The maximum absolute atomic E-state index is 11.9. The standard InChI is InChI=1S/C20H10Cl4N2O6/c21-7-1-3-11(9(23)5-7)25-15-13(19(29)30)18(28)16(14(17(15)27)20(31)32)26-12-4-2-8(22)6-10(12)24/h1-6,27-28H,(H,29,30)(H,31,32). The number of carbonyl (C=O) groups is 2. The van der Waals surface area contributed by atoms with Crippen molar-refractivity contribution in [1.29, 1.82) is 0 Å². The number of hydrogen-bond acceptors (Lipinski definition) is 6. The second kappa shape index (κ2) is 9.22. The zero-order valence-electron chi connectivity index (χ0n) is 15.5. The van der Waals surface area contributed by atoms with E-state index in [1.165, 1.54) is 36.4 Å². The summed E-state index contributed by atoms with van der Waals surface area (Å²) in [6.45, 7) is 0. The first-order valence-electron chi connectivity index (χ1n) is 8.43. The summed E-state index contributed by atoms with van der Waals surface area (Å²) in [5, 5.41) is 41.1. The molecule has 1 aliphatic carbocycles. The second-order valence-corrected chi connectivity index (χ2v) is 7.86. The third kappa shape index (κ3) is 4.58. The van der Waals surface area contributed by atoms with Gasteiger partial charge in [0.15, 0.2) is 11.5 Å². The van der Waals surface area contributed by atoms with Gasteiger partial charge in [0.2, 0.25) is 0 Å². The Morgan fingerprint density at radius 3 is 1.28 bits per heavy atom. The zero-order chi connectivity index (χ0) is 23.7. The molecule has 164 valence electrons. The van der Waals surface area contributed by atoms with Crippen LogP contribution in [0.3, 0.4) is 0 Å². The average Bonchev–Trinajstić information content (AvgIpc) is 2.68. The summed E-state index contributed by atoms with van der Waals surface area (Å²) in [5.41, 5.74) is -3.34. The molecule has 0 unspecified atom stereocenters. The first-order chi connectivity index (χ1) is 15.0. The molecule has 3 rings (SSSR count). The van der Waals surface area contributed by atoms with E-state index in [-0.39, 0.29) is 31.5 Å². The summed E-state index contributed by atoms with van der Waals surface area (Å²) in [7, 11) is 0. The van der Waals surface area contributed by atoms with Crippen LogP contribution in [-0.2, 0) is 9.59 Å². The van der Waals surface area contributed by atoms with Crippen LogP contribution >= 0.6 is 46.4 Å². The fraction of sp³-hybridized carbons (Fsp3) is 0. The van der Waals surface area contributed by atoms with Crippen molar-refractivity contribution < 1.29 is 30.0 Å². The van der Waals surface area contributed by atoms with Crippen LogP contribution in [0, 0.1) is 0 Å². The predicted octanol–water partition coefficient (Wildman–Crippen LogP) is 5.95. The molecule has 0 saturated heterocycles. The lowest BCUT2D eigenvalue weighted by atomic mass is 9.91. The zero-order valence-corrected chi connectivity index (χ0v) is 18.5. The lowest BCUT2D eigenvalue weighted by Gasteiger charge is -2.19. The Morgan fingerprint density at radius 1 is 0.656 bits per heavy atom. The number of aliphatic hydroxyl groups excluding tert-OH is 2. The largest absolute Gasteiger partial charge is 0.505 e. The van der Waals surface area contributed by atoms with Crippen molar-refractivity contribution in [2.45, 2.75) is 0 Å². The number of halogens is 4. The molecule has 2 aromatic rings.